The van der Waals surface area contributed by atoms with Crippen LogP contribution in [-0.2, 0) is 61.5 Å². The topological polar surface area (TPSA) is 188 Å². The Hall–Kier alpha value is -3.59. The summed E-state index contributed by atoms with van der Waals surface area (Å²) in [5.41, 5.74) is 0. The molecule has 1 N–H and O–H groups in total. The van der Waals surface area contributed by atoms with Gasteiger partial charge in [0.05, 0.1) is 6.10 Å². The van der Waals surface area contributed by atoms with Gasteiger partial charge in [0.25, 0.3) is 0 Å². The van der Waals surface area contributed by atoms with Crippen LogP contribution in [0.1, 0.15) is 48.5 Å². The number of carbonyl (C=O) groups excluding carboxylic acids is 5. The number of alkyl halides is 1. The molecule has 0 radical (unpaired) electrons. The molecule has 17 heteroatoms. The van der Waals surface area contributed by atoms with Crippen molar-refractivity contribution >= 4 is 37.6 Å². The van der Waals surface area contributed by atoms with Crippen molar-refractivity contribution in [3.63, 3.8) is 0 Å². The van der Waals surface area contributed by atoms with E-state index in [2.05, 4.69) is 5.09 Å². The van der Waals surface area contributed by atoms with Crippen molar-refractivity contribution in [3.8, 4) is 5.75 Å². The van der Waals surface area contributed by atoms with Crippen LogP contribution in [-0.4, -0.2) is 85.5 Å². The van der Waals surface area contributed by atoms with Crippen molar-refractivity contribution in [3.05, 3.63) is 30.3 Å². The van der Waals surface area contributed by atoms with E-state index in [1.165, 1.54) is 19.1 Å². The normalized spacial score (nSPS) is 24.2. The summed E-state index contributed by atoms with van der Waals surface area (Å²) in [4.78, 5) is 60.2. The highest BCUT2D eigenvalue weighted by atomic mass is 31.2. The van der Waals surface area contributed by atoms with Crippen molar-refractivity contribution < 1.29 is 70.4 Å². The van der Waals surface area contributed by atoms with E-state index in [0.29, 0.717) is 0 Å². The zero-order chi connectivity index (χ0) is 33.2. The number of rotatable bonds is 14. The molecule has 2 unspecified atom stereocenters. The molecule has 0 spiro atoms. The maximum Gasteiger partial charge on any atom is 0.461 e. The highest BCUT2D eigenvalue weighted by Gasteiger charge is 2.57. The molecular weight excluding hydrogens is 612 g/mol. The van der Waals surface area contributed by atoms with Gasteiger partial charge in [0, 0.05) is 27.7 Å². The lowest BCUT2D eigenvalue weighted by atomic mass is 9.95. The number of nitrogens with one attached hydrogen (secondary N) is 1. The number of benzene rings is 1. The van der Waals surface area contributed by atoms with Crippen molar-refractivity contribution in [2.75, 3.05) is 6.61 Å². The maximum atomic E-state index is 15.6. The SMILES string of the molecule is CC(=O)OC[C@H](F)C1O[C@@H](O[P@@](=O)(N[C@@H](C)C(=O)OC(C)C)Oc2ccccc2)[C@H](OC(C)=O)C(OC(C)=O)[C@@H]1OC(C)=O. The minimum atomic E-state index is -4.76. The van der Waals surface area contributed by atoms with Crippen molar-refractivity contribution in [1.82, 2.24) is 5.09 Å². The van der Waals surface area contributed by atoms with Gasteiger partial charge in [0.2, 0.25) is 6.29 Å². The molecule has 2 rings (SSSR count). The van der Waals surface area contributed by atoms with E-state index < -0.39 is 93.2 Å². The Balaban J connectivity index is 2.62. The van der Waals surface area contributed by atoms with Gasteiger partial charge in [-0.1, -0.05) is 18.2 Å². The lowest BCUT2D eigenvalue weighted by Gasteiger charge is -2.45. The molecule has 1 aromatic rings. The number of hydrogen-bond donors (Lipinski definition) is 1. The molecule has 0 aromatic heterocycles. The largest absolute Gasteiger partial charge is 0.463 e. The van der Waals surface area contributed by atoms with Gasteiger partial charge in [0.1, 0.15) is 24.5 Å². The fourth-order valence-electron chi connectivity index (χ4n) is 3.93. The van der Waals surface area contributed by atoms with Gasteiger partial charge in [-0.05, 0) is 32.9 Å². The fourth-order valence-corrected chi connectivity index (χ4v) is 5.51. The van der Waals surface area contributed by atoms with Crippen LogP contribution in [0.25, 0.3) is 0 Å². The second-order valence-corrected chi connectivity index (χ2v) is 11.5. The summed E-state index contributed by atoms with van der Waals surface area (Å²) in [7, 11) is -4.76. The Labute approximate surface area is 253 Å². The summed E-state index contributed by atoms with van der Waals surface area (Å²) in [6.07, 6.45) is -12.1. The second-order valence-electron chi connectivity index (χ2n) is 9.85. The number of carbonyl (C=O) groups is 5. The number of para-hydroxylation sites is 1. The van der Waals surface area contributed by atoms with E-state index in [4.69, 9.17) is 37.5 Å². The molecular formula is C27H37FNO14P. The predicted octanol–water partition coefficient (Wildman–Crippen LogP) is 2.54. The third kappa shape index (κ3) is 11.5. The molecule has 246 valence electrons. The first-order valence-electron chi connectivity index (χ1n) is 13.5. The first kappa shape index (κ1) is 36.6. The summed E-state index contributed by atoms with van der Waals surface area (Å²) in [5.74, 6) is -4.58. The molecule has 44 heavy (non-hydrogen) atoms. The highest BCUT2D eigenvalue weighted by Crippen LogP contribution is 2.48. The molecule has 0 saturated carbocycles. The van der Waals surface area contributed by atoms with E-state index in [-0.39, 0.29) is 5.75 Å². The summed E-state index contributed by atoms with van der Waals surface area (Å²) in [6.45, 7) is 7.56. The molecule has 1 saturated heterocycles. The van der Waals surface area contributed by atoms with Gasteiger partial charge in [-0.15, -0.1) is 0 Å². The van der Waals surface area contributed by atoms with Crippen LogP contribution in [0.2, 0.25) is 0 Å². The molecule has 1 heterocycles. The zero-order valence-electron chi connectivity index (χ0n) is 25.3. The molecule has 1 aliphatic rings. The molecule has 8 atom stereocenters. The van der Waals surface area contributed by atoms with Crippen LogP contribution in [0.4, 0.5) is 4.39 Å². The summed E-state index contributed by atoms with van der Waals surface area (Å²) in [5, 5.41) is 2.41. The second kappa shape index (κ2) is 16.5. The molecule has 1 aromatic carbocycles. The number of esters is 5. The molecule has 1 aliphatic heterocycles. The average Bonchev–Trinajstić information content (AvgIpc) is 2.89. The number of hydrogen-bond acceptors (Lipinski definition) is 14. The number of halogens is 1. The lowest BCUT2D eigenvalue weighted by molar-refractivity contribution is -0.295. The van der Waals surface area contributed by atoms with E-state index in [1.54, 1.807) is 32.0 Å². The minimum Gasteiger partial charge on any atom is -0.463 e. The van der Waals surface area contributed by atoms with E-state index in [9.17, 15) is 28.5 Å². The van der Waals surface area contributed by atoms with Crippen molar-refractivity contribution in [1.29, 1.82) is 0 Å². The summed E-state index contributed by atoms with van der Waals surface area (Å²) < 4.78 is 72.5. The van der Waals surface area contributed by atoms with E-state index in [1.807, 2.05) is 0 Å². The first-order chi connectivity index (χ1) is 20.5. The predicted molar refractivity (Wildman–Crippen MR) is 146 cm³/mol. The van der Waals surface area contributed by atoms with Gasteiger partial charge >= 0.3 is 37.6 Å². The molecule has 0 aliphatic carbocycles. The van der Waals surface area contributed by atoms with Gasteiger partial charge < -0.3 is 32.9 Å². The third-order valence-electron chi connectivity index (χ3n) is 5.51. The van der Waals surface area contributed by atoms with E-state index >= 15 is 4.39 Å². The van der Waals surface area contributed by atoms with Gasteiger partial charge in [-0.3, -0.25) is 28.5 Å². The Morgan fingerprint density at radius 2 is 1.41 bits per heavy atom. The lowest BCUT2D eigenvalue weighted by Crippen LogP contribution is -2.64. The van der Waals surface area contributed by atoms with Gasteiger partial charge in [-0.2, -0.15) is 5.09 Å². The van der Waals surface area contributed by atoms with Crippen LogP contribution in [0.3, 0.4) is 0 Å². The van der Waals surface area contributed by atoms with Crippen LogP contribution in [0.15, 0.2) is 30.3 Å². The Morgan fingerprint density at radius 1 is 0.864 bits per heavy atom. The summed E-state index contributed by atoms with van der Waals surface area (Å²) >= 11 is 0. The zero-order valence-corrected chi connectivity index (χ0v) is 26.1. The van der Waals surface area contributed by atoms with Crippen LogP contribution in [0.5, 0.6) is 5.75 Å². The standard InChI is InChI=1S/C27H37FNO14P/c1-14(2)37-26(34)15(3)29-44(35,42-20-11-9-8-10-12-20)43-27-25(40-19(7)33)24(39-18(6)32)23(38-17(5)31)22(41-27)21(28)13-36-16(4)30/h8-12,14-15,21-25,27H,13H2,1-7H3,(H,29,35)/t15-,21-,22?,23+,24?,25+,27-,44+/m0/s1. The molecule has 15 nitrogen and oxygen atoms in total. The monoisotopic (exact) mass is 649 g/mol. The minimum absolute atomic E-state index is 0.00305. The summed E-state index contributed by atoms with van der Waals surface area (Å²) in [6, 6.07) is 6.26. The molecule has 1 fully saturated rings. The maximum absolute atomic E-state index is 15.6. The van der Waals surface area contributed by atoms with Crippen LogP contribution in [0, 0.1) is 0 Å². The van der Waals surface area contributed by atoms with Crippen molar-refractivity contribution in [2.45, 2.75) is 97.5 Å². The van der Waals surface area contributed by atoms with Crippen LogP contribution >= 0.6 is 7.75 Å². The Morgan fingerprint density at radius 3 is 1.93 bits per heavy atom. The average molecular weight is 650 g/mol. The van der Waals surface area contributed by atoms with E-state index in [0.717, 1.165) is 27.7 Å². The fraction of sp³-hybridized carbons (Fsp3) is 0.593. The smallest absolute Gasteiger partial charge is 0.461 e. The van der Waals surface area contributed by atoms with Crippen molar-refractivity contribution in [2.24, 2.45) is 0 Å². The Kier molecular flexibility index (Phi) is 13.7. The van der Waals surface area contributed by atoms with Gasteiger partial charge in [0.15, 0.2) is 24.5 Å². The molecule has 0 amide bonds. The van der Waals surface area contributed by atoms with Crippen LogP contribution < -0.4 is 9.61 Å². The Bertz CT molecular complexity index is 1210. The van der Waals surface area contributed by atoms with Gasteiger partial charge in [-0.25, -0.2) is 8.96 Å². The molecule has 0 bridgehead atoms. The highest BCUT2D eigenvalue weighted by molar-refractivity contribution is 7.52. The third-order valence-corrected chi connectivity index (χ3v) is 7.15. The quantitative estimate of drug-likeness (QED) is 0.176. The number of ether oxygens (including phenoxy) is 6. The first-order valence-corrected chi connectivity index (χ1v) is 15.0.